The lowest BCUT2D eigenvalue weighted by molar-refractivity contribution is 1.08. The van der Waals surface area contributed by atoms with Crippen LogP contribution in [0.4, 0.5) is 0 Å². The molecule has 1 aromatic carbocycles. The Morgan fingerprint density at radius 3 is 2.29 bits per heavy atom. The van der Waals surface area contributed by atoms with E-state index in [2.05, 4.69) is 52.1 Å². The van der Waals surface area contributed by atoms with Gasteiger partial charge in [-0.2, -0.15) is 0 Å². The van der Waals surface area contributed by atoms with Gasteiger partial charge in [0.1, 0.15) is 0 Å². The molecule has 82 valence electrons. The summed E-state index contributed by atoms with van der Waals surface area (Å²) >= 11 is 0. The number of hydrogen-bond acceptors (Lipinski definition) is 1. The zero-order valence-electron chi connectivity index (χ0n) is 9.32. The molecule has 2 aromatic heterocycles. The Balaban J connectivity index is 2.13. The van der Waals surface area contributed by atoms with Crippen LogP contribution in [0.2, 0.25) is 0 Å². The first kappa shape index (κ1) is 9.85. The van der Waals surface area contributed by atoms with E-state index in [1.807, 2.05) is 30.6 Å². The fraction of sp³-hybridized carbons (Fsp3) is 0. The number of benzene rings is 1. The number of nitrogens with zero attached hydrogens (tertiary/aromatic N) is 2. The van der Waals surface area contributed by atoms with Gasteiger partial charge in [-0.1, -0.05) is 30.3 Å². The first-order valence-corrected chi connectivity index (χ1v) is 5.58. The van der Waals surface area contributed by atoms with Crippen molar-refractivity contribution < 1.29 is 0 Å². The van der Waals surface area contributed by atoms with Crippen LogP contribution in [0.25, 0.3) is 16.9 Å². The summed E-state index contributed by atoms with van der Waals surface area (Å²) in [6, 6.07) is 18.6. The van der Waals surface area contributed by atoms with Gasteiger partial charge in [0.2, 0.25) is 0 Å². The number of pyridine rings is 1. The van der Waals surface area contributed by atoms with Crippen molar-refractivity contribution in [2.75, 3.05) is 0 Å². The molecule has 0 unspecified atom stereocenters. The van der Waals surface area contributed by atoms with Crippen molar-refractivity contribution in [1.82, 2.24) is 9.55 Å². The van der Waals surface area contributed by atoms with E-state index in [0.29, 0.717) is 0 Å². The average Bonchev–Trinajstić information content (AvgIpc) is 2.90. The molecule has 0 N–H and O–H groups in total. The molecule has 0 bridgehead atoms. The topological polar surface area (TPSA) is 17.8 Å². The van der Waals surface area contributed by atoms with Gasteiger partial charge in [-0.15, -0.1) is 0 Å². The predicted molar refractivity (Wildman–Crippen MR) is 69.0 cm³/mol. The van der Waals surface area contributed by atoms with Gasteiger partial charge in [0.25, 0.3) is 0 Å². The second-order valence-corrected chi connectivity index (χ2v) is 3.83. The van der Waals surface area contributed by atoms with E-state index >= 15 is 0 Å². The number of aromatic nitrogens is 2. The van der Waals surface area contributed by atoms with Gasteiger partial charge in [-0.25, -0.2) is 0 Å². The summed E-state index contributed by atoms with van der Waals surface area (Å²) in [7, 11) is 0. The summed E-state index contributed by atoms with van der Waals surface area (Å²) in [5.74, 6) is 0. The molecule has 0 amide bonds. The van der Waals surface area contributed by atoms with E-state index in [9.17, 15) is 0 Å². The minimum absolute atomic E-state index is 1.13. The zero-order valence-corrected chi connectivity index (χ0v) is 9.32. The van der Waals surface area contributed by atoms with Gasteiger partial charge in [0, 0.05) is 24.3 Å². The summed E-state index contributed by atoms with van der Waals surface area (Å²) in [6.45, 7) is 0. The third kappa shape index (κ3) is 1.85. The summed E-state index contributed by atoms with van der Waals surface area (Å²) < 4.78 is 2.16. The molecular formula is C15H12N2. The molecule has 3 rings (SSSR count). The third-order valence-corrected chi connectivity index (χ3v) is 2.76. The van der Waals surface area contributed by atoms with Gasteiger partial charge in [0.05, 0.1) is 5.69 Å². The van der Waals surface area contributed by atoms with Gasteiger partial charge in [0.15, 0.2) is 0 Å². The average molecular weight is 220 g/mol. The molecule has 17 heavy (non-hydrogen) atoms. The lowest BCUT2D eigenvalue weighted by Gasteiger charge is -2.08. The molecule has 0 aliphatic carbocycles. The minimum Gasteiger partial charge on any atom is -0.316 e. The molecule has 0 fully saturated rings. The normalized spacial score (nSPS) is 10.4. The summed E-state index contributed by atoms with van der Waals surface area (Å²) in [6.07, 6.45) is 5.69. The highest BCUT2D eigenvalue weighted by molar-refractivity contribution is 5.62. The first-order chi connectivity index (χ1) is 8.45. The summed E-state index contributed by atoms with van der Waals surface area (Å²) in [5, 5.41) is 0. The van der Waals surface area contributed by atoms with Crippen LogP contribution >= 0.6 is 0 Å². The van der Waals surface area contributed by atoms with E-state index < -0.39 is 0 Å². The van der Waals surface area contributed by atoms with E-state index in [1.54, 1.807) is 0 Å². The molecule has 0 atom stereocenters. The fourth-order valence-electron chi connectivity index (χ4n) is 1.95. The molecule has 3 aromatic rings. The maximum atomic E-state index is 4.04. The van der Waals surface area contributed by atoms with Crippen molar-refractivity contribution in [2.45, 2.75) is 0 Å². The smallest absolute Gasteiger partial charge is 0.0528 e. The van der Waals surface area contributed by atoms with Gasteiger partial charge >= 0.3 is 0 Å². The Labute approximate surface area is 100 Å². The van der Waals surface area contributed by atoms with Crippen LogP contribution in [0.5, 0.6) is 0 Å². The first-order valence-electron chi connectivity index (χ1n) is 5.58. The van der Waals surface area contributed by atoms with Crippen LogP contribution in [0.3, 0.4) is 0 Å². The molecular weight excluding hydrogens is 208 g/mol. The van der Waals surface area contributed by atoms with Crippen molar-refractivity contribution in [3.8, 4) is 16.9 Å². The second-order valence-electron chi connectivity index (χ2n) is 3.83. The lowest BCUT2D eigenvalue weighted by atomic mass is 10.1. The highest BCUT2D eigenvalue weighted by atomic mass is 15.0. The SMILES string of the molecule is c1ccc(-c2cccn2-c2ccncc2)cc1. The van der Waals surface area contributed by atoms with E-state index in [0.717, 1.165) is 5.69 Å². The van der Waals surface area contributed by atoms with Gasteiger partial charge < -0.3 is 4.57 Å². The Bertz CT molecular complexity index is 543. The summed E-state index contributed by atoms with van der Waals surface area (Å²) in [5.41, 5.74) is 3.54. The number of hydrogen-bond donors (Lipinski definition) is 0. The van der Waals surface area contributed by atoms with E-state index in [4.69, 9.17) is 0 Å². The Kier molecular flexibility index (Phi) is 2.47. The Hall–Kier alpha value is -2.35. The lowest BCUT2D eigenvalue weighted by Crippen LogP contribution is -1.94. The van der Waals surface area contributed by atoms with Crippen LogP contribution in [0, 0.1) is 0 Å². The van der Waals surface area contributed by atoms with Crippen LogP contribution < -0.4 is 0 Å². The van der Waals surface area contributed by atoms with Gasteiger partial charge in [-0.05, 0) is 29.8 Å². The highest BCUT2D eigenvalue weighted by Gasteiger charge is 2.04. The molecule has 0 spiro atoms. The maximum Gasteiger partial charge on any atom is 0.0528 e. The Morgan fingerprint density at radius 2 is 1.53 bits per heavy atom. The molecule has 2 nitrogen and oxygen atoms in total. The molecule has 2 heterocycles. The van der Waals surface area contributed by atoms with Crippen molar-refractivity contribution in [3.63, 3.8) is 0 Å². The predicted octanol–water partition coefficient (Wildman–Crippen LogP) is 3.54. The zero-order chi connectivity index (χ0) is 11.5. The quantitative estimate of drug-likeness (QED) is 0.646. The van der Waals surface area contributed by atoms with E-state index in [1.165, 1.54) is 11.3 Å². The molecule has 0 saturated carbocycles. The molecule has 0 aliphatic heterocycles. The minimum atomic E-state index is 1.13. The highest BCUT2D eigenvalue weighted by Crippen LogP contribution is 2.22. The molecule has 0 saturated heterocycles. The molecule has 0 radical (unpaired) electrons. The van der Waals surface area contributed by atoms with Crippen LogP contribution in [-0.4, -0.2) is 9.55 Å². The largest absolute Gasteiger partial charge is 0.316 e. The summed E-state index contributed by atoms with van der Waals surface area (Å²) in [4.78, 5) is 4.04. The third-order valence-electron chi connectivity index (χ3n) is 2.76. The van der Waals surface area contributed by atoms with E-state index in [-0.39, 0.29) is 0 Å². The maximum absolute atomic E-state index is 4.04. The van der Waals surface area contributed by atoms with Crippen molar-refractivity contribution >= 4 is 0 Å². The van der Waals surface area contributed by atoms with Crippen molar-refractivity contribution in [3.05, 3.63) is 73.2 Å². The van der Waals surface area contributed by atoms with Crippen LogP contribution in [0.1, 0.15) is 0 Å². The van der Waals surface area contributed by atoms with Gasteiger partial charge in [-0.3, -0.25) is 4.98 Å². The second kappa shape index (κ2) is 4.26. The molecule has 2 heteroatoms. The van der Waals surface area contributed by atoms with Crippen molar-refractivity contribution in [2.24, 2.45) is 0 Å². The van der Waals surface area contributed by atoms with Crippen LogP contribution in [-0.2, 0) is 0 Å². The standard InChI is InChI=1S/C15H12N2/c1-2-5-13(6-3-1)15-7-4-12-17(15)14-8-10-16-11-9-14/h1-12H. The van der Waals surface area contributed by atoms with Crippen molar-refractivity contribution in [1.29, 1.82) is 0 Å². The fourth-order valence-corrected chi connectivity index (χ4v) is 1.95. The van der Waals surface area contributed by atoms with Crippen LogP contribution in [0.15, 0.2) is 73.2 Å². The monoisotopic (exact) mass is 220 g/mol. The Morgan fingerprint density at radius 1 is 0.765 bits per heavy atom. The molecule has 0 aliphatic rings. The number of rotatable bonds is 2.